The second-order valence-corrected chi connectivity index (χ2v) is 1.70. The van der Waals surface area contributed by atoms with E-state index >= 15 is 0 Å². The Kier molecular flexibility index (Phi) is 7.03. The highest BCUT2D eigenvalue weighted by molar-refractivity contribution is 4.97. The van der Waals surface area contributed by atoms with Crippen molar-refractivity contribution in [3.8, 4) is 0 Å². The van der Waals surface area contributed by atoms with Crippen LogP contribution in [0.4, 0.5) is 0 Å². The van der Waals surface area contributed by atoms with Crippen molar-refractivity contribution in [2.24, 2.45) is 0 Å². The van der Waals surface area contributed by atoms with Gasteiger partial charge in [-0.3, -0.25) is 19.6 Å². The molecule has 0 saturated heterocycles. The molecular weight excluding hydrogens is 176 g/mol. The summed E-state index contributed by atoms with van der Waals surface area (Å²) in [5.74, 6) is 0. The van der Waals surface area contributed by atoms with Crippen molar-refractivity contribution in [3.05, 3.63) is 49.4 Å². The second-order valence-electron chi connectivity index (χ2n) is 1.70. The quantitative estimate of drug-likeness (QED) is 0.531. The molecule has 5 heteroatoms. The zero-order chi connectivity index (χ0) is 8.49. The fraction of sp³-hybridized carbons (Fsp3) is 0. The molecule has 0 aliphatic carbocycles. The predicted molar refractivity (Wildman–Crippen MR) is 44.5 cm³/mol. The molecule has 0 unspecified atom stereocenters. The fourth-order valence-corrected chi connectivity index (χ4v) is 0.438. The summed E-state index contributed by atoms with van der Waals surface area (Å²) in [7, 11) is 0. The van der Waals surface area contributed by atoms with E-state index in [1.165, 1.54) is 25.0 Å². The molecule has 0 aromatic rings. The van der Waals surface area contributed by atoms with Crippen LogP contribution in [0.15, 0.2) is 49.4 Å². The Morgan fingerprint density at radius 1 is 0.462 bits per heavy atom. The Morgan fingerprint density at radius 3 is 0.769 bits per heavy atom. The molecule has 2 rings (SSSR count). The summed E-state index contributed by atoms with van der Waals surface area (Å²) >= 11 is 0. The van der Waals surface area contributed by atoms with Gasteiger partial charge in [0, 0.05) is 0 Å². The molecule has 2 aliphatic rings. The monoisotopic (exact) mass is 186 g/mol. The van der Waals surface area contributed by atoms with Crippen LogP contribution in [0.5, 0.6) is 0 Å². The molecule has 0 fully saturated rings. The lowest BCUT2D eigenvalue weighted by molar-refractivity contribution is -0.198. The van der Waals surface area contributed by atoms with Crippen LogP contribution in [0, 0.1) is 0 Å². The minimum absolute atomic E-state index is 0. The van der Waals surface area contributed by atoms with Crippen LogP contribution in [0.1, 0.15) is 0 Å². The van der Waals surface area contributed by atoms with Gasteiger partial charge in [-0.25, -0.2) is 0 Å². The van der Waals surface area contributed by atoms with E-state index in [9.17, 15) is 0 Å². The second kappa shape index (κ2) is 8.22. The van der Waals surface area contributed by atoms with Gasteiger partial charge >= 0.3 is 0 Å². The minimum Gasteiger partial charge on any atom is -0.412 e. The smallest absolute Gasteiger partial charge is 0.142 e. The first-order valence-electron chi connectivity index (χ1n) is 3.28. The summed E-state index contributed by atoms with van der Waals surface area (Å²) < 4.78 is 0. The first-order valence-corrected chi connectivity index (χ1v) is 3.28. The van der Waals surface area contributed by atoms with E-state index in [0.29, 0.717) is 0 Å². The first-order chi connectivity index (χ1) is 6.00. The van der Waals surface area contributed by atoms with Crippen LogP contribution in [0.3, 0.4) is 0 Å². The lowest BCUT2D eigenvalue weighted by Crippen LogP contribution is -1.78. The molecule has 2 N–H and O–H groups in total. The highest BCUT2D eigenvalue weighted by atomic mass is 17.2. The third-order valence-electron chi connectivity index (χ3n) is 0.870. The number of rotatable bonds is 0. The first kappa shape index (κ1) is 11.1. The Bertz CT molecular complexity index is 169. The van der Waals surface area contributed by atoms with Crippen molar-refractivity contribution in [2.45, 2.75) is 0 Å². The summed E-state index contributed by atoms with van der Waals surface area (Å²) in [6.45, 7) is 0. The Morgan fingerprint density at radius 2 is 0.692 bits per heavy atom. The van der Waals surface area contributed by atoms with Gasteiger partial charge < -0.3 is 5.48 Å². The molecule has 0 radical (unpaired) electrons. The van der Waals surface area contributed by atoms with Gasteiger partial charge in [-0.15, -0.1) is 0 Å². The van der Waals surface area contributed by atoms with E-state index in [-0.39, 0.29) is 5.48 Å². The third-order valence-corrected chi connectivity index (χ3v) is 0.870. The summed E-state index contributed by atoms with van der Waals surface area (Å²) in [6, 6.07) is 0. The van der Waals surface area contributed by atoms with Crippen molar-refractivity contribution < 1.29 is 25.0 Å². The minimum atomic E-state index is 0. The standard InChI is InChI=1S/2C4H4O2.H2O/c2*1-2-4-6-5-3-1;/h2*1-4H;1H2. The lowest BCUT2D eigenvalue weighted by atomic mass is 10.6. The Labute approximate surface area is 75.3 Å². The van der Waals surface area contributed by atoms with Gasteiger partial charge in [-0.05, 0) is 24.3 Å². The van der Waals surface area contributed by atoms with Crippen molar-refractivity contribution in [1.29, 1.82) is 0 Å². The summed E-state index contributed by atoms with van der Waals surface area (Å²) in [5.41, 5.74) is 0. The molecule has 72 valence electrons. The largest absolute Gasteiger partial charge is 0.412 e. The predicted octanol–water partition coefficient (Wildman–Crippen LogP) is 1.13. The summed E-state index contributed by atoms with van der Waals surface area (Å²) in [5, 5.41) is 0. The molecular formula is C8H10O5. The van der Waals surface area contributed by atoms with Crippen LogP contribution in [0.2, 0.25) is 0 Å². The molecule has 0 atom stereocenters. The Hall–Kier alpha value is -1.88. The van der Waals surface area contributed by atoms with E-state index < -0.39 is 0 Å². The molecule has 0 amide bonds. The molecule has 0 aromatic carbocycles. The van der Waals surface area contributed by atoms with Gasteiger partial charge in [0.05, 0.1) is 0 Å². The van der Waals surface area contributed by atoms with Gasteiger partial charge in [0.15, 0.2) is 0 Å². The molecule has 0 spiro atoms. The summed E-state index contributed by atoms with van der Waals surface area (Å²) in [4.78, 5) is 17.2. The molecule has 0 bridgehead atoms. The van der Waals surface area contributed by atoms with E-state index in [1.807, 2.05) is 0 Å². The molecule has 0 saturated carbocycles. The van der Waals surface area contributed by atoms with Crippen molar-refractivity contribution >= 4 is 0 Å². The van der Waals surface area contributed by atoms with Crippen LogP contribution in [-0.2, 0) is 19.6 Å². The van der Waals surface area contributed by atoms with Crippen molar-refractivity contribution in [2.75, 3.05) is 0 Å². The fourth-order valence-electron chi connectivity index (χ4n) is 0.438. The molecule has 2 heterocycles. The van der Waals surface area contributed by atoms with Gasteiger partial charge in [0.25, 0.3) is 0 Å². The lowest BCUT2D eigenvalue weighted by Gasteiger charge is -1.94. The Balaban J connectivity index is 0.000000206. The van der Waals surface area contributed by atoms with E-state index in [2.05, 4.69) is 19.6 Å². The maximum Gasteiger partial charge on any atom is 0.142 e. The molecule has 13 heavy (non-hydrogen) atoms. The van der Waals surface area contributed by atoms with Crippen LogP contribution in [0.25, 0.3) is 0 Å². The average molecular weight is 186 g/mol. The molecule has 0 aromatic heterocycles. The number of hydrogen-bond donors (Lipinski definition) is 0. The van der Waals surface area contributed by atoms with E-state index in [4.69, 9.17) is 0 Å². The van der Waals surface area contributed by atoms with Crippen molar-refractivity contribution in [1.82, 2.24) is 0 Å². The number of hydrogen-bond acceptors (Lipinski definition) is 4. The zero-order valence-corrected chi connectivity index (χ0v) is 6.75. The van der Waals surface area contributed by atoms with E-state index in [0.717, 1.165) is 0 Å². The highest BCUT2D eigenvalue weighted by Crippen LogP contribution is 1.90. The maximum atomic E-state index is 4.30. The van der Waals surface area contributed by atoms with E-state index in [1.54, 1.807) is 24.3 Å². The maximum absolute atomic E-state index is 4.30. The van der Waals surface area contributed by atoms with Gasteiger partial charge in [-0.1, -0.05) is 0 Å². The SMILES string of the molecule is C1=COOC=C1.C1=COOC=C1.O. The van der Waals surface area contributed by atoms with Gasteiger partial charge in [0.2, 0.25) is 0 Å². The van der Waals surface area contributed by atoms with Crippen LogP contribution >= 0.6 is 0 Å². The molecule has 2 aliphatic heterocycles. The topological polar surface area (TPSA) is 68.4 Å². The normalized spacial score (nSPS) is 14.8. The molecule has 5 nitrogen and oxygen atoms in total. The zero-order valence-electron chi connectivity index (χ0n) is 6.75. The van der Waals surface area contributed by atoms with Gasteiger partial charge in [0.1, 0.15) is 25.0 Å². The van der Waals surface area contributed by atoms with Crippen LogP contribution in [-0.4, -0.2) is 5.48 Å². The average Bonchev–Trinajstić information content (AvgIpc) is 2.24. The number of allylic oxidation sites excluding steroid dienone is 4. The van der Waals surface area contributed by atoms with Gasteiger partial charge in [-0.2, -0.15) is 0 Å². The third kappa shape index (κ3) is 6.52. The summed E-state index contributed by atoms with van der Waals surface area (Å²) in [6.07, 6.45) is 12.8. The highest BCUT2D eigenvalue weighted by Gasteiger charge is 1.76. The van der Waals surface area contributed by atoms with Crippen molar-refractivity contribution in [3.63, 3.8) is 0 Å². The van der Waals surface area contributed by atoms with Crippen LogP contribution < -0.4 is 0 Å².